The topological polar surface area (TPSA) is 49.8 Å². The third-order valence-corrected chi connectivity index (χ3v) is 5.12. The van der Waals surface area contributed by atoms with Crippen molar-refractivity contribution in [2.75, 3.05) is 20.2 Å². The monoisotopic (exact) mass is 303 g/mol. The van der Waals surface area contributed by atoms with Crippen LogP contribution in [-0.4, -0.2) is 36.0 Å². The SMILES string of the molecule is CCCCC1CN2CCc3cc(OC)c(O)cc3C2CC1=O. The molecule has 0 bridgehead atoms. The molecule has 22 heavy (non-hydrogen) atoms. The van der Waals surface area contributed by atoms with Crippen molar-refractivity contribution >= 4 is 5.78 Å². The minimum Gasteiger partial charge on any atom is -0.504 e. The molecule has 4 nitrogen and oxygen atoms in total. The molecular weight excluding hydrogens is 278 g/mol. The van der Waals surface area contributed by atoms with Crippen molar-refractivity contribution in [1.29, 1.82) is 0 Å². The van der Waals surface area contributed by atoms with Crippen molar-refractivity contribution in [2.45, 2.75) is 45.1 Å². The summed E-state index contributed by atoms with van der Waals surface area (Å²) >= 11 is 0. The standard InChI is InChI=1S/C18H25NO3/c1-3-4-5-13-11-19-7-6-12-8-18(22-2)17(21)9-14(12)15(19)10-16(13)20/h8-9,13,15,21H,3-7,10-11H2,1-2H3. The molecule has 3 rings (SSSR count). The minimum atomic E-state index is 0.130. The third-order valence-electron chi connectivity index (χ3n) is 5.12. The van der Waals surface area contributed by atoms with Gasteiger partial charge in [-0.3, -0.25) is 9.69 Å². The minimum absolute atomic E-state index is 0.130. The zero-order valence-corrected chi connectivity index (χ0v) is 13.5. The number of phenols is 1. The molecule has 0 radical (unpaired) electrons. The highest BCUT2D eigenvalue weighted by Crippen LogP contribution is 2.41. The fourth-order valence-electron chi connectivity index (χ4n) is 3.84. The van der Waals surface area contributed by atoms with Crippen molar-refractivity contribution < 1.29 is 14.6 Å². The van der Waals surface area contributed by atoms with Crippen LogP contribution in [0.2, 0.25) is 0 Å². The summed E-state index contributed by atoms with van der Waals surface area (Å²) in [6.45, 7) is 4.03. The Balaban J connectivity index is 1.84. The van der Waals surface area contributed by atoms with Crippen molar-refractivity contribution in [3.05, 3.63) is 23.3 Å². The van der Waals surface area contributed by atoms with E-state index in [1.165, 1.54) is 5.56 Å². The Morgan fingerprint density at radius 2 is 2.23 bits per heavy atom. The quantitative estimate of drug-likeness (QED) is 0.928. The number of rotatable bonds is 4. The molecule has 1 fully saturated rings. The maximum absolute atomic E-state index is 12.5. The zero-order chi connectivity index (χ0) is 15.7. The number of methoxy groups -OCH3 is 1. The molecule has 1 aromatic carbocycles. The van der Waals surface area contributed by atoms with Gasteiger partial charge < -0.3 is 9.84 Å². The van der Waals surface area contributed by atoms with Gasteiger partial charge in [-0.25, -0.2) is 0 Å². The molecule has 1 aromatic rings. The van der Waals surface area contributed by atoms with Crippen molar-refractivity contribution in [3.8, 4) is 11.5 Å². The molecule has 0 spiro atoms. The summed E-state index contributed by atoms with van der Waals surface area (Å²) < 4.78 is 5.20. The summed E-state index contributed by atoms with van der Waals surface area (Å²) in [4.78, 5) is 14.9. The molecule has 120 valence electrons. The number of carbonyl (C=O) groups is 1. The summed E-state index contributed by atoms with van der Waals surface area (Å²) in [5, 5.41) is 10.1. The Morgan fingerprint density at radius 1 is 1.41 bits per heavy atom. The summed E-state index contributed by atoms with van der Waals surface area (Å²) in [7, 11) is 1.57. The van der Waals surface area contributed by atoms with Crippen LogP contribution in [0.25, 0.3) is 0 Å². The van der Waals surface area contributed by atoms with Gasteiger partial charge in [-0.15, -0.1) is 0 Å². The van der Waals surface area contributed by atoms with Crippen LogP contribution < -0.4 is 4.74 Å². The number of unbranched alkanes of at least 4 members (excludes halogenated alkanes) is 1. The number of aromatic hydroxyl groups is 1. The number of ether oxygens (including phenoxy) is 1. The maximum atomic E-state index is 12.5. The molecule has 0 aromatic heterocycles. The molecule has 0 saturated carbocycles. The molecule has 4 heteroatoms. The van der Waals surface area contributed by atoms with E-state index in [0.717, 1.165) is 44.3 Å². The second-order valence-electron chi connectivity index (χ2n) is 6.49. The summed E-state index contributed by atoms with van der Waals surface area (Å²) in [6, 6.07) is 3.85. The summed E-state index contributed by atoms with van der Waals surface area (Å²) in [5.74, 6) is 1.28. The number of piperidine rings is 1. The van der Waals surface area contributed by atoms with E-state index < -0.39 is 0 Å². The third kappa shape index (κ3) is 2.72. The lowest BCUT2D eigenvalue weighted by molar-refractivity contribution is -0.129. The molecule has 1 N–H and O–H groups in total. The number of benzene rings is 1. The van der Waals surface area contributed by atoms with Gasteiger partial charge in [0, 0.05) is 31.5 Å². The van der Waals surface area contributed by atoms with Gasteiger partial charge in [0.25, 0.3) is 0 Å². The van der Waals surface area contributed by atoms with Crippen LogP contribution in [0.3, 0.4) is 0 Å². The number of fused-ring (bicyclic) bond motifs is 3. The van der Waals surface area contributed by atoms with Crippen LogP contribution in [0.4, 0.5) is 0 Å². The first-order chi connectivity index (χ1) is 10.6. The maximum Gasteiger partial charge on any atom is 0.160 e. The van der Waals surface area contributed by atoms with Crippen molar-refractivity contribution in [3.63, 3.8) is 0 Å². The summed E-state index contributed by atoms with van der Waals surface area (Å²) in [5.41, 5.74) is 2.31. The normalized spacial score (nSPS) is 24.7. The molecule has 2 heterocycles. The fraction of sp³-hybridized carbons (Fsp3) is 0.611. The molecule has 0 aliphatic carbocycles. The molecule has 2 unspecified atom stereocenters. The second kappa shape index (κ2) is 6.29. The average molecular weight is 303 g/mol. The predicted molar refractivity (Wildman–Crippen MR) is 85.3 cm³/mol. The average Bonchev–Trinajstić information content (AvgIpc) is 2.52. The first kappa shape index (κ1) is 15.3. The van der Waals surface area contributed by atoms with Crippen LogP contribution in [0, 0.1) is 5.92 Å². The molecule has 2 aliphatic rings. The Morgan fingerprint density at radius 3 is 2.95 bits per heavy atom. The van der Waals surface area contributed by atoms with E-state index in [9.17, 15) is 9.90 Å². The zero-order valence-electron chi connectivity index (χ0n) is 13.5. The molecule has 2 aliphatic heterocycles. The lowest BCUT2D eigenvalue weighted by Crippen LogP contribution is -2.46. The van der Waals surface area contributed by atoms with Gasteiger partial charge in [0.1, 0.15) is 5.78 Å². The number of ketones is 1. The van der Waals surface area contributed by atoms with E-state index in [-0.39, 0.29) is 17.7 Å². The van der Waals surface area contributed by atoms with Gasteiger partial charge in [-0.2, -0.15) is 0 Å². The molecule has 0 amide bonds. The van der Waals surface area contributed by atoms with Crippen molar-refractivity contribution in [1.82, 2.24) is 4.90 Å². The first-order valence-corrected chi connectivity index (χ1v) is 8.30. The summed E-state index contributed by atoms with van der Waals surface area (Å²) in [6.07, 6.45) is 4.82. The highest BCUT2D eigenvalue weighted by Gasteiger charge is 2.37. The van der Waals surface area contributed by atoms with Crippen LogP contribution in [0.15, 0.2) is 12.1 Å². The number of carbonyl (C=O) groups excluding carboxylic acids is 1. The number of hydrogen-bond acceptors (Lipinski definition) is 4. The lowest BCUT2D eigenvalue weighted by atomic mass is 9.81. The Hall–Kier alpha value is -1.55. The highest BCUT2D eigenvalue weighted by atomic mass is 16.5. The van der Waals surface area contributed by atoms with E-state index in [0.29, 0.717) is 18.0 Å². The Bertz CT molecular complexity index is 570. The number of hydrogen-bond donors (Lipinski definition) is 1. The lowest BCUT2D eigenvalue weighted by Gasteiger charge is -2.43. The molecule has 1 saturated heterocycles. The molecule has 2 atom stereocenters. The highest BCUT2D eigenvalue weighted by molar-refractivity contribution is 5.83. The fourth-order valence-corrected chi connectivity index (χ4v) is 3.84. The van der Waals surface area contributed by atoms with Gasteiger partial charge >= 0.3 is 0 Å². The number of nitrogens with zero attached hydrogens (tertiary/aromatic N) is 1. The predicted octanol–water partition coefficient (Wildman–Crippen LogP) is 3.08. The van der Waals surface area contributed by atoms with Crippen LogP contribution >= 0.6 is 0 Å². The number of Topliss-reactive ketones (excluding diaryl/α,β-unsaturated/α-hetero) is 1. The Kier molecular flexibility index (Phi) is 4.39. The van der Waals surface area contributed by atoms with Crippen LogP contribution in [0.5, 0.6) is 11.5 Å². The smallest absolute Gasteiger partial charge is 0.160 e. The van der Waals surface area contributed by atoms with E-state index in [4.69, 9.17) is 4.74 Å². The second-order valence-corrected chi connectivity index (χ2v) is 6.49. The largest absolute Gasteiger partial charge is 0.504 e. The van der Waals surface area contributed by atoms with E-state index in [1.54, 1.807) is 13.2 Å². The van der Waals surface area contributed by atoms with Gasteiger partial charge in [0.05, 0.1) is 7.11 Å². The Labute approximate surface area is 132 Å². The van der Waals surface area contributed by atoms with Crippen molar-refractivity contribution in [2.24, 2.45) is 5.92 Å². The van der Waals surface area contributed by atoms with Gasteiger partial charge in [0.15, 0.2) is 11.5 Å². The van der Waals surface area contributed by atoms with E-state index >= 15 is 0 Å². The van der Waals surface area contributed by atoms with E-state index in [1.807, 2.05) is 6.07 Å². The van der Waals surface area contributed by atoms with Gasteiger partial charge in [-0.1, -0.05) is 19.8 Å². The van der Waals surface area contributed by atoms with Crippen LogP contribution in [-0.2, 0) is 11.2 Å². The number of phenolic OH excluding ortho intramolecular Hbond substituents is 1. The van der Waals surface area contributed by atoms with Gasteiger partial charge in [-0.05, 0) is 36.1 Å². The van der Waals surface area contributed by atoms with Crippen LogP contribution in [0.1, 0.15) is 49.8 Å². The van der Waals surface area contributed by atoms with Gasteiger partial charge in [0.2, 0.25) is 0 Å². The first-order valence-electron chi connectivity index (χ1n) is 8.30. The van der Waals surface area contributed by atoms with E-state index in [2.05, 4.69) is 11.8 Å². The molecular formula is C18H25NO3.